The van der Waals surface area contributed by atoms with Crippen molar-refractivity contribution < 1.29 is 27.9 Å². The molecule has 5 nitrogen and oxygen atoms in total. The molecule has 1 N–H and O–H groups in total. The third-order valence-corrected chi connectivity index (χ3v) is 4.49. The highest BCUT2D eigenvalue weighted by Gasteiger charge is 2.45. The van der Waals surface area contributed by atoms with Crippen LogP contribution in [0.1, 0.15) is 19.5 Å². The number of carboxylic acids is 1. The fourth-order valence-corrected chi connectivity index (χ4v) is 3.40. The number of benzene rings is 1. The molecular weight excluding hydrogens is 369 g/mol. The van der Waals surface area contributed by atoms with Crippen molar-refractivity contribution in [2.45, 2.75) is 26.4 Å². The molecule has 0 saturated heterocycles. The SMILES string of the molecule is CC(C)Cc1nc(-c2ccccc2)sc1N(CC(=O)O)C(=O)C(F)(F)F. The molecule has 0 atom stereocenters. The zero-order chi connectivity index (χ0) is 19.5. The number of amides is 1. The minimum atomic E-state index is -5.18. The quantitative estimate of drug-likeness (QED) is 0.815. The van der Waals surface area contributed by atoms with E-state index < -0.39 is 24.6 Å². The van der Waals surface area contributed by atoms with Gasteiger partial charge in [-0.25, -0.2) is 4.98 Å². The van der Waals surface area contributed by atoms with Crippen molar-refractivity contribution in [3.63, 3.8) is 0 Å². The summed E-state index contributed by atoms with van der Waals surface area (Å²) in [6.45, 7) is 2.64. The zero-order valence-electron chi connectivity index (χ0n) is 14.1. The maximum atomic E-state index is 13.0. The minimum absolute atomic E-state index is 0.0622. The smallest absolute Gasteiger partial charge is 0.471 e. The number of aliphatic carboxylic acids is 1. The molecule has 9 heteroatoms. The van der Waals surface area contributed by atoms with Crippen molar-refractivity contribution in [2.24, 2.45) is 5.92 Å². The molecule has 26 heavy (non-hydrogen) atoms. The molecule has 0 fully saturated rings. The second kappa shape index (κ2) is 7.86. The average molecular weight is 386 g/mol. The van der Waals surface area contributed by atoms with Gasteiger partial charge in [0.05, 0.1) is 5.69 Å². The number of carbonyl (C=O) groups excluding carboxylic acids is 1. The van der Waals surface area contributed by atoms with E-state index >= 15 is 0 Å². The summed E-state index contributed by atoms with van der Waals surface area (Å²) in [4.78, 5) is 27.5. The maximum Gasteiger partial charge on any atom is 0.471 e. The van der Waals surface area contributed by atoms with E-state index in [4.69, 9.17) is 5.11 Å². The third kappa shape index (κ3) is 4.81. The van der Waals surface area contributed by atoms with Crippen molar-refractivity contribution >= 4 is 28.2 Å². The fourth-order valence-electron chi connectivity index (χ4n) is 2.30. The molecular formula is C17H17F3N2O3S. The number of hydrogen-bond donors (Lipinski definition) is 1. The fraction of sp³-hybridized carbons (Fsp3) is 0.353. The van der Waals surface area contributed by atoms with Gasteiger partial charge in [0.1, 0.15) is 16.6 Å². The van der Waals surface area contributed by atoms with E-state index in [1.807, 2.05) is 13.8 Å². The summed E-state index contributed by atoms with van der Waals surface area (Å²) in [6, 6.07) is 8.80. The number of rotatable bonds is 6. The molecule has 0 bridgehead atoms. The highest BCUT2D eigenvalue weighted by atomic mass is 32.1. The Kier molecular flexibility index (Phi) is 6.01. The van der Waals surface area contributed by atoms with Gasteiger partial charge >= 0.3 is 18.1 Å². The van der Waals surface area contributed by atoms with Crippen LogP contribution in [0.15, 0.2) is 30.3 Å². The largest absolute Gasteiger partial charge is 0.480 e. The van der Waals surface area contributed by atoms with E-state index in [0.29, 0.717) is 17.0 Å². The van der Waals surface area contributed by atoms with Gasteiger partial charge in [0.2, 0.25) is 0 Å². The maximum absolute atomic E-state index is 13.0. The van der Waals surface area contributed by atoms with Gasteiger partial charge in [-0.3, -0.25) is 14.5 Å². The molecule has 0 radical (unpaired) electrons. The van der Waals surface area contributed by atoms with E-state index in [1.54, 1.807) is 30.3 Å². The number of halogens is 3. The second-order valence-electron chi connectivity index (χ2n) is 6.02. The number of carboxylic acid groups (broad SMARTS) is 1. The van der Waals surface area contributed by atoms with Gasteiger partial charge in [0.15, 0.2) is 0 Å². The Morgan fingerprint density at radius 3 is 2.35 bits per heavy atom. The summed E-state index contributed by atoms with van der Waals surface area (Å²) in [5.41, 5.74) is 0.964. The normalized spacial score (nSPS) is 11.6. The zero-order valence-corrected chi connectivity index (χ0v) is 14.9. The summed E-state index contributed by atoms with van der Waals surface area (Å²) in [5, 5.41) is 9.33. The monoisotopic (exact) mass is 386 g/mol. The van der Waals surface area contributed by atoms with Gasteiger partial charge in [-0.15, -0.1) is 0 Å². The first kappa shape index (κ1) is 19.9. The lowest BCUT2D eigenvalue weighted by Crippen LogP contribution is -2.44. The van der Waals surface area contributed by atoms with Crippen LogP contribution in [0.25, 0.3) is 10.6 Å². The highest BCUT2D eigenvalue weighted by Crippen LogP contribution is 2.37. The van der Waals surface area contributed by atoms with Gasteiger partial charge in [-0.1, -0.05) is 55.5 Å². The lowest BCUT2D eigenvalue weighted by Gasteiger charge is -2.21. The average Bonchev–Trinajstić information content (AvgIpc) is 2.94. The molecule has 1 aromatic carbocycles. The molecule has 0 aliphatic rings. The van der Waals surface area contributed by atoms with Crippen LogP contribution in [-0.4, -0.2) is 34.7 Å². The Hall–Kier alpha value is -2.42. The summed E-state index contributed by atoms with van der Waals surface area (Å²) < 4.78 is 38.9. The van der Waals surface area contributed by atoms with E-state index in [1.165, 1.54) is 0 Å². The molecule has 0 saturated carbocycles. The number of nitrogens with zero attached hydrogens (tertiary/aromatic N) is 2. The standard InChI is InChI=1S/C17H17F3N2O3S/c1-10(2)8-12-15(22(9-13(23)24)16(25)17(18,19)20)26-14(21-12)11-6-4-3-5-7-11/h3-7,10H,8-9H2,1-2H3,(H,23,24). The summed E-state index contributed by atoms with van der Waals surface area (Å²) in [7, 11) is 0. The molecule has 1 heterocycles. The van der Waals surface area contributed by atoms with Crippen molar-refractivity contribution in [1.29, 1.82) is 0 Å². The van der Waals surface area contributed by atoms with Crippen molar-refractivity contribution in [3.8, 4) is 10.6 Å². The second-order valence-corrected chi connectivity index (χ2v) is 7.00. The van der Waals surface area contributed by atoms with Crippen LogP contribution in [0.4, 0.5) is 18.2 Å². The van der Waals surface area contributed by atoms with Crippen molar-refractivity contribution in [3.05, 3.63) is 36.0 Å². The van der Waals surface area contributed by atoms with Crippen molar-refractivity contribution in [1.82, 2.24) is 4.98 Å². The van der Waals surface area contributed by atoms with E-state index in [2.05, 4.69) is 4.98 Å². The molecule has 0 aliphatic carbocycles. The number of aromatic nitrogens is 1. The van der Waals surface area contributed by atoms with E-state index in [-0.39, 0.29) is 21.5 Å². The first-order chi connectivity index (χ1) is 12.1. The number of hydrogen-bond acceptors (Lipinski definition) is 4. The first-order valence-electron chi connectivity index (χ1n) is 7.75. The Morgan fingerprint density at radius 1 is 1.23 bits per heavy atom. The Balaban J connectivity index is 2.56. The van der Waals surface area contributed by atoms with Gasteiger partial charge in [-0.05, 0) is 12.3 Å². The van der Waals surface area contributed by atoms with E-state index in [9.17, 15) is 22.8 Å². The number of carbonyl (C=O) groups is 2. The number of thiazole rings is 1. The Bertz CT molecular complexity index is 788. The number of alkyl halides is 3. The van der Waals surface area contributed by atoms with Gasteiger partial charge in [0, 0.05) is 5.56 Å². The topological polar surface area (TPSA) is 70.5 Å². The summed E-state index contributed by atoms with van der Waals surface area (Å²) in [6.07, 6.45) is -4.86. The minimum Gasteiger partial charge on any atom is -0.480 e. The molecule has 2 aromatic rings. The van der Waals surface area contributed by atoms with Crippen LogP contribution >= 0.6 is 11.3 Å². The predicted octanol–water partition coefficient (Wildman–Crippen LogP) is 3.99. The Labute approximate surface area is 152 Å². The molecule has 1 aromatic heterocycles. The molecule has 2 rings (SSSR count). The van der Waals surface area contributed by atoms with Crippen molar-refractivity contribution in [2.75, 3.05) is 11.4 Å². The first-order valence-corrected chi connectivity index (χ1v) is 8.56. The van der Waals surface area contributed by atoms with Gasteiger partial charge in [0.25, 0.3) is 0 Å². The molecule has 0 aliphatic heterocycles. The third-order valence-electron chi connectivity index (χ3n) is 3.33. The summed E-state index contributed by atoms with van der Waals surface area (Å²) >= 11 is 0.880. The van der Waals surface area contributed by atoms with E-state index in [0.717, 1.165) is 11.3 Å². The van der Waals surface area contributed by atoms with Crippen LogP contribution in [-0.2, 0) is 16.0 Å². The number of anilines is 1. The molecule has 140 valence electrons. The lowest BCUT2D eigenvalue weighted by atomic mass is 10.1. The van der Waals surface area contributed by atoms with Crippen LogP contribution in [0.3, 0.4) is 0 Å². The molecule has 1 amide bonds. The molecule has 0 spiro atoms. The lowest BCUT2D eigenvalue weighted by molar-refractivity contribution is -0.170. The van der Waals surface area contributed by atoms with Crippen LogP contribution in [0.2, 0.25) is 0 Å². The Morgan fingerprint density at radius 2 is 1.85 bits per heavy atom. The van der Waals surface area contributed by atoms with Gasteiger partial charge < -0.3 is 5.11 Å². The van der Waals surface area contributed by atoms with Gasteiger partial charge in [-0.2, -0.15) is 13.2 Å². The predicted molar refractivity (Wildman–Crippen MR) is 92.1 cm³/mol. The van der Waals surface area contributed by atoms with Crippen LogP contribution < -0.4 is 4.90 Å². The summed E-state index contributed by atoms with van der Waals surface area (Å²) in [5.74, 6) is -3.69. The van der Waals surface area contributed by atoms with Crippen LogP contribution in [0, 0.1) is 5.92 Å². The van der Waals surface area contributed by atoms with Crippen LogP contribution in [0.5, 0.6) is 0 Å². The highest BCUT2D eigenvalue weighted by molar-refractivity contribution is 7.19. The molecule has 0 unspecified atom stereocenters.